The summed E-state index contributed by atoms with van der Waals surface area (Å²) in [4.78, 5) is 12.7. The zero-order valence-electron chi connectivity index (χ0n) is 13.3. The van der Waals surface area contributed by atoms with Crippen molar-refractivity contribution in [3.63, 3.8) is 0 Å². The van der Waals surface area contributed by atoms with E-state index in [2.05, 4.69) is 10.6 Å². The van der Waals surface area contributed by atoms with Gasteiger partial charge >= 0.3 is 5.70 Å². The molecule has 1 aliphatic heterocycles. The van der Waals surface area contributed by atoms with E-state index in [9.17, 15) is 10.1 Å². The van der Waals surface area contributed by atoms with E-state index in [-0.39, 0.29) is 17.7 Å². The highest BCUT2D eigenvalue weighted by molar-refractivity contribution is 5.32. The van der Waals surface area contributed by atoms with E-state index in [0.29, 0.717) is 12.1 Å². The van der Waals surface area contributed by atoms with Gasteiger partial charge in [-0.3, -0.25) is 15.4 Å². The number of nitrogens with zero attached hydrogens (tertiary/aromatic N) is 2. The number of nitrogens with one attached hydrogen (secondary N) is 2. The van der Waals surface area contributed by atoms with Crippen molar-refractivity contribution in [2.75, 3.05) is 27.7 Å². The van der Waals surface area contributed by atoms with E-state index >= 15 is 0 Å². The molecule has 1 unspecified atom stereocenters. The first kappa shape index (κ1) is 17.3. The van der Waals surface area contributed by atoms with Crippen LogP contribution in [0, 0.1) is 10.1 Å². The lowest BCUT2D eigenvalue weighted by molar-refractivity contribution is -0.423. The van der Waals surface area contributed by atoms with Crippen molar-refractivity contribution in [1.82, 2.24) is 15.5 Å². The summed E-state index contributed by atoms with van der Waals surface area (Å²) in [6.45, 7) is 4.38. The lowest BCUT2D eigenvalue weighted by Crippen LogP contribution is -2.61. The Morgan fingerprint density at radius 3 is 2.62 bits per heavy atom. The van der Waals surface area contributed by atoms with Gasteiger partial charge in [0.15, 0.2) is 0 Å². The molecule has 0 aromatic rings. The van der Waals surface area contributed by atoms with Crippen LogP contribution in [0.15, 0.2) is 23.4 Å². The van der Waals surface area contributed by atoms with Crippen LogP contribution in [0.5, 0.6) is 0 Å². The Bertz CT molecular complexity index is 459. The molecule has 0 fully saturated rings. The van der Waals surface area contributed by atoms with Crippen molar-refractivity contribution in [2.24, 2.45) is 5.73 Å². The molecule has 1 atom stereocenters. The van der Waals surface area contributed by atoms with Crippen LogP contribution in [-0.2, 0) is 4.74 Å². The van der Waals surface area contributed by atoms with Gasteiger partial charge in [0.05, 0.1) is 16.7 Å². The fourth-order valence-corrected chi connectivity index (χ4v) is 2.06. The number of allylic oxidation sites excluding steroid dienone is 1. The summed E-state index contributed by atoms with van der Waals surface area (Å²) in [6.07, 6.45) is 1.81. The molecule has 1 aliphatic rings. The van der Waals surface area contributed by atoms with Crippen molar-refractivity contribution < 1.29 is 9.66 Å². The van der Waals surface area contributed by atoms with Gasteiger partial charge in [-0.1, -0.05) is 0 Å². The number of hydrogen-bond acceptors (Lipinski definition) is 7. The van der Waals surface area contributed by atoms with E-state index in [1.807, 2.05) is 32.8 Å². The molecule has 8 heteroatoms. The van der Waals surface area contributed by atoms with Crippen LogP contribution < -0.4 is 16.4 Å². The van der Waals surface area contributed by atoms with Gasteiger partial charge in [-0.15, -0.1) is 0 Å². The number of rotatable bonds is 7. The molecular formula is C13H25N5O3. The second kappa shape index (κ2) is 6.77. The predicted molar refractivity (Wildman–Crippen MR) is 80.6 cm³/mol. The quantitative estimate of drug-likeness (QED) is 0.454. The second-order valence-electron chi connectivity index (χ2n) is 5.57. The van der Waals surface area contributed by atoms with Gasteiger partial charge in [-0.05, 0) is 35.0 Å². The molecule has 0 spiro atoms. The molecule has 0 aromatic heterocycles. The number of hydrogen-bond donors (Lipinski definition) is 3. The summed E-state index contributed by atoms with van der Waals surface area (Å²) in [6, 6.07) is 0. The first-order chi connectivity index (χ1) is 9.71. The molecule has 0 saturated heterocycles. The van der Waals surface area contributed by atoms with Crippen LogP contribution in [0.4, 0.5) is 0 Å². The summed E-state index contributed by atoms with van der Waals surface area (Å²) in [5, 5.41) is 17.3. The summed E-state index contributed by atoms with van der Waals surface area (Å²) < 4.78 is 5.55. The molecular weight excluding hydrogens is 274 g/mol. The summed E-state index contributed by atoms with van der Waals surface area (Å²) in [5.41, 5.74) is 5.51. The minimum atomic E-state index is -0.756. The number of ether oxygens (including phenoxy) is 1. The van der Waals surface area contributed by atoms with E-state index < -0.39 is 10.6 Å². The minimum Gasteiger partial charge on any atom is -0.472 e. The smallest absolute Gasteiger partial charge is 0.330 e. The van der Waals surface area contributed by atoms with E-state index in [1.165, 1.54) is 6.08 Å². The van der Waals surface area contributed by atoms with Crippen molar-refractivity contribution in [3.05, 3.63) is 33.5 Å². The molecule has 1 heterocycles. The first-order valence-corrected chi connectivity index (χ1v) is 6.86. The van der Waals surface area contributed by atoms with Crippen LogP contribution in [0.25, 0.3) is 0 Å². The van der Waals surface area contributed by atoms with Crippen LogP contribution in [-0.4, -0.2) is 49.3 Å². The molecule has 0 aliphatic carbocycles. The lowest BCUT2D eigenvalue weighted by atomic mass is 9.98. The third kappa shape index (κ3) is 4.08. The third-order valence-electron chi connectivity index (χ3n) is 3.26. The normalized spacial score (nSPS) is 22.3. The van der Waals surface area contributed by atoms with E-state index in [1.54, 1.807) is 7.05 Å². The zero-order valence-corrected chi connectivity index (χ0v) is 13.3. The predicted octanol–water partition coefficient (Wildman–Crippen LogP) is 0.170. The molecule has 1 rings (SSSR count). The largest absolute Gasteiger partial charge is 0.472 e. The number of nitrogens with two attached hydrogens (primary N) is 1. The van der Waals surface area contributed by atoms with Gasteiger partial charge in [0.25, 0.3) is 5.88 Å². The van der Waals surface area contributed by atoms with E-state index in [4.69, 9.17) is 10.5 Å². The lowest BCUT2D eigenvalue weighted by Gasteiger charge is -2.39. The maximum atomic E-state index is 11.2. The Morgan fingerprint density at radius 1 is 1.57 bits per heavy atom. The second-order valence-corrected chi connectivity index (χ2v) is 5.57. The molecule has 0 bridgehead atoms. The Labute approximate surface area is 125 Å². The van der Waals surface area contributed by atoms with Crippen molar-refractivity contribution in [1.29, 1.82) is 0 Å². The van der Waals surface area contributed by atoms with Crippen molar-refractivity contribution >= 4 is 0 Å². The maximum absolute atomic E-state index is 11.2. The molecule has 0 aromatic carbocycles. The monoisotopic (exact) mass is 299 g/mol. The number of dihydropyridines is 1. The number of nitro groups is 1. The van der Waals surface area contributed by atoms with Gasteiger partial charge in [-0.25, -0.2) is 0 Å². The highest BCUT2D eigenvalue weighted by Crippen LogP contribution is 2.25. The van der Waals surface area contributed by atoms with E-state index in [0.717, 1.165) is 6.54 Å². The molecule has 0 saturated carbocycles. The average molecular weight is 299 g/mol. The highest BCUT2D eigenvalue weighted by atomic mass is 16.6. The summed E-state index contributed by atoms with van der Waals surface area (Å²) in [5.74, 6) is 0.136. The molecule has 21 heavy (non-hydrogen) atoms. The van der Waals surface area contributed by atoms with Crippen molar-refractivity contribution in [3.8, 4) is 0 Å². The Balaban J connectivity index is 3.13. The summed E-state index contributed by atoms with van der Waals surface area (Å²) >= 11 is 0. The van der Waals surface area contributed by atoms with Gasteiger partial charge in [0, 0.05) is 19.0 Å². The van der Waals surface area contributed by atoms with Gasteiger partial charge in [-0.2, -0.15) is 0 Å². The van der Waals surface area contributed by atoms with Gasteiger partial charge in [0.2, 0.25) is 0 Å². The SMILES string of the molecule is CNC1(CCN(C)C)NC(OC(C)C)=C([N+](=O)[O-])C=C1N. The fourth-order valence-electron chi connectivity index (χ4n) is 2.06. The van der Waals surface area contributed by atoms with Gasteiger partial charge < -0.3 is 20.7 Å². The fraction of sp³-hybridized carbons (Fsp3) is 0.692. The highest BCUT2D eigenvalue weighted by Gasteiger charge is 2.40. The minimum absolute atomic E-state index is 0.136. The Kier molecular flexibility index (Phi) is 5.56. The van der Waals surface area contributed by atoms with Gasteiger partial charge in [0.1, 0.15) is 5.66 Å². The maximum Gasteiger partial charge on any atom is 0.330 e. The van der Waals surface area contributed by atoms with Crippen LogP contribution in [0.3, 0.4) is 0 Å². The molecule has 120 valence electrons. The standard InChI is InChI=1S/C13H25N5O3/c1-9(2)21-12-10(18(19)20)8-11(14)13(15-3,16-12)6-7-17(4)5/h8-9,15-16H,6-7,14H2,1-5H3. The topological polar surface area (TPSA) is 106 Å². The Hall–Kier alpha value is -1.80. The third-order valence-corrected chi connectivity index (χ3v) is 3.26. The van der Waals surface area contributed by atoms with Crippen LogP contribution in [0.1, 0.15) is 20.3 Å². The van der Waals surface area contributed by atoms with Crippen LogP contribution in [0.2, 0.25) is 0 Å². The number of likely N-dealkylation sites (N-methyl/N-ethyl adjacent to an activating group) is 1. The molecule has 4 N–H and O–H groups in total. The average Bonchev–Trinajstić information content (AvgIpc) is 2.38. The molecule has 0 amide bonds. The van der Waals surface area contributed by atoms with Crippen molar-refractivity contribution in [2.45, 2.75) is 32.0 Å². The molecule has 8 nitrogen and oxygen atoms in total. The Morgan fingerprint density at radius 2 is 2.19 bits per heavy atom. The summed E-state index contributed by atoms with van der Waals surface area (Å²) in [7, 11) is 5.67. The van der Waals surface area contributed by atoms with Crippen LogP contribution >= 0.6 is 0 Å². The first-order valence-electron chi connectivity index (χ1n) is 6.86. The zero-order chi connectivity index (χ0) is 16.2. The molecule has 0 radical (unpaired) electrons.